The molecule has 0 aliphatic rings. The molecule has 1 atom stereocenters. The highest BCUT2D eigenvalue weighted by Gasteiger charge is 1.99. The number of hydrogen-bond acceptors (Lipinski definition) is 1. The van der Waals surface area contributed by atoms with Gasteiger partial charge in [-0.3, -0.25) is 4.99 Å². The highest BCUT2D eigenvalue weighted by atomic mass is 14.7. The van der Waals surface area contributed by atoms with Crippen LogP contribution in [-0.4, -0.2) is 12.3 Å². The molecule has 0 fully saturated rings. The van der Waals surface area contributed by atoms with E-state index >= 15 is 0 Å². The normalized spacial score (nSPS) is 13.8. The van der Waals surface area contributed by atoms with Crippen LogP contribution in [0.2, 0.25) is 0 Å². The third-order valence-electron chi connectivity index (χ3n) is 1.93. The van der Waals surface area contributed by atoms with Crippen molar-refractivity contribution in [3.05, 3.63) is 35.9 Å². The molecule has 0 amide bonds. The largest absolute Gasteiger partial charge is 0.294 e. The fourth-order valence-corrected chi connectivity index (χ4v) is 1.14. The number of hydrogen-bond donors (Lipinski definition) is 0. The van der Waals surface area contributed by atoms with Gasteiger partial charge in [-0.15, -0.1) is 0 Å². The number of nitrogens with zero attached hydrogens (tertiary/aromatic N) is 1. The maximum absolute atomic E-state index is 4.38. The van der Waals surface area contributed by atoms with Gasteiger partial charge < -0.3 is 0 Å². The minimum absolute atomic E-state index is 0.395. The zero-order valence-electron chi connectivity index (χ0n) is 8.57. The smallest absolute Gasteiger partial charge is 0.0439 e. The Morgan fingerprint density at radius 3 is 2.23 bits per heavy atom. The summed E-state index contributed by atoms with van der Waals surface area (Å²) in [5, 5.41) is 0. The molecule has 0 saturated carbocycles. The van der Waals surface area contributed by atoms with Crippen molar-refractivity contribution in [1.82, 2.24) is 0 Å². The summed E-state index contributed by atoms with van der Waals surface area (Å²) in [6.45, 7) is 6.35. The van der Waals surface area contributed by atoms with E-state index in [2.05, 4.69) is 50.0 Å². The maximum Gasteiger partial charge on any atom is 0.0439 e. The van der Waals surface area contributed by atoms with E-state index in [1.807, 2.05) is 12.3 Å². The van der Waals surface area contributed by atoms with Crippen molar-refractivity contribution < 1.29 is 0 Å². The second kappa shape index (κ2) is 4.80. The van der Waals surface area contributed by atoms with Crippen molar-refractivity contribution in [2.45, 2.75) is 32.7 Å². The topological polar surface area (TPSA) is 12.4 Å². The van der Waals surface area contributed by atoms with Crippen LogP contribution in [0, 0.1) is 0 Å². The quantitative estimate of drug-likeness (QED) is 0.625. The van der Waals surface area contributed by atoms with Crippen LogP contribution < -0.4 is 0 Å². The average molecular weight is 175 g/mol. The van der Waals surface area contributed by atoms with E-state index in [0.29, 0.717) is 12.0 Å². The van der Waals surface area contributed by atoms with Gasteiger partial charge in [0.2, 0.25) is 0 Å². The zero-order chi connectivity index (χ0) is 9.68. The van der Waals surface area contributed by atoms with Gasteiger partial charge in [-0.05, 0) is 19.4 Å². The highest BCUT2D eigenvalue weighted by molar-refractivity contribution is 5.67. The Kier molecular flexibility index (Phi) is 3.69. The molecule has 1 rings (SSSR count). The predicted octanol–water partition coefficient (Wildman–Crippen LogP) is 3.27. The maximum atomic E-state index is 4.38. The SMILES string of the molecule is CC(C)N=CC(C)c1ccccc1. The van der Waals surface area contributed by atoms with Gasteiger partial charge in [-0.2, -0.15) is 0 Å². The minimum Gasteiger partial charge on any atom is -0.294 e. The molecule has 0 bridgehead atoms. The molecule has 0 aromatic heterocycles. The Labute approximate surface area is 80.5 Å². The van der Waals surface area contributed by atoms with E-state index in [1.54, 1.807) is 0 Å². The molecule has 0 aliphatic carbocycles. The van der Waals surface area contributed by atoms with Crippen molar-refractivity contribution >= 4 is 6.21 Å². The predicted molar refractivity (Wildman–Crippen MR) is 58.5 cm³/mol. The van der Waals surface area contributed by atoms with Gasteiger partial charge in [-0.1, -0.05) is 37.3 Å². The second-order valence-electron chi connectivity index (χ2n) is 3.59. The van der Waals surface area contributed by atoms with Crippen molar-refractivity contribution in [1.29, 1.82) is 0 Å². The Morgan fingerprint density at radius 2 is 1.69 bits per heavy atom. The first-order valence-corrected chi connectivity index (χ1v) is 4.78. The molecule has 70 valence electrons. The fourth-order valence-electron chi connectivity index (χ4n) is 1.14. The van der Waals surface area contributed by atoms with Crippen molar-refractivity contribution in [2.75, 3.05) is 0 Å². The van der Waals surface area contributed by atoms with Gasteiger partial charge in [-0.25, -0.2) is 0 Å². The third-order valence-corrected chi connectivity index (χ3v) is 1.93. The summed E-state index contributed by atoms with van der Waals surface area (Å²) in [5.74, 6) is 0.420. The van der Waals surface area contributed by atoms with Crippen LogP contribution in [0.25, 0.3) is 0 Å². The molecular weight excluding hydrogens is 158 g/mol. The van der Waals surface area contributed by atoms with Gasteiger partial charge in [0, 0.05) is 18.2 Å². The number of benzene rings is 1. The molecule has 0 heterocycles. The van der Waals surface area contributed by atoms with Crippen LogP contribution in [0.4, 0.5) is 0 Å². The fraction of sp³-hybridized carbons (Fsp3) is 0.417. The van der Waals surface area contributed by atoms with Crippen LogP contribution in [0.15, 0.2) is 35.3 Å². The van der Waals surface area contributed by atoms with E-state index in [0.717, 1.165) is 0 Å². The van der Waals surface area contributed by atoms with E-state index < -0.39 is 0 Å². The Balaban J connectivity index is 2.64. The molecular formula is C12H17N. The lowest BCUT2D eigenvalue weighted by Gasteiger charge is -2.05. The van der Waals surface area contributed by atoms with Crippen molar-refractivity contribution in [3.8, 4) is 0 Å². The van der Waals surface area contributed by atoms with Crippen molar-refractivity contribution in [3.63, 3.8) is 0 Å². The van der Waals surface area contributed by atoms with Gasteiger partial charge in [0.05, 0.1) is 0 Å². The van der Waals surface area contributed by atoms with Gasteiger partial charge in [0.1, 0.15) is 0 Å². The first-order valence-electron chi connectivity index (χ1n) is 4.78. The lowest BCUT2D eigenvalue weighted by Crippen LogP contribution is -1.97. The molecule has 1 unspecified atom stereocenters. The molecule has 1 aromatic rings. The van der Waals surface area contributed by atoms with Crippen LogP contribution in [0.3, 0.4) is 0 Å². The minimum atomic E-state index is 0.395. The molecule has 0 spiro atoms. The lowest BCUT2D eigenvalue weighted by molar-refractivity contribution is 0.830. The second-order valence-corrected chi connectivity index (χ2v) is 3.59. The summed E-state index contributed by atoms with van der Waals surface area (Å²) >= 11 is 0. The average Bonchev–Trinajstić information content (AvgIpc) is 2.15. The highest BCUT2D eigenvalue weighted by Crippen LogP contribution is 2.11. The van der Waals surface area contributed by atoms with Crippen LogP contribution in [0.5, 0.6) is 0 Å². The Morgan fingerprint density at radius 1 is 1.08 bits per heavy atom. The van der Waals surface area contributed by atoms with E-state index in [4.69, 9.17) is 0 Å². The van der Waals surface area contributed by atoms with E-state index in [-0.39, 0.29) is 0 Å². The number of aliphatic imine (C=N–C) groups is 1. The van der Waals surface area contributed by atoms with Crippen molar-refractivity contribution in [2.24, 2.45) is 4.99 Å². The van der Waals surface area contributed by atoms with Crippen LogP contribution in [-0.2, 0) is 0 Å². The lowest BCUT2D eigenvalue weighted by atomic mass is 10.0. The molecule has 0 aliphatic heterocycles. The van der Waals surface area contributed by atoms with Gasteiger partial charge >= 0.3 is 0 Å². The molecule has 0 N–H and O–H groups in total. The summed E-state index contributed by atoms with van der Waals surface area (Å²) in [7, 11) is 0. The standard InChI is InChI=1S/C12H17N/c1-10(2)13-9-11(3)12-7-5-4-6-8-12/h4-11H,1-3H3. The molecule has 0 saturated heterocycles. The van der Waals surface area contributed by atoms with Gasteiger partial charge in [0.25, 0.3) is 0 Å². The summed E-state index contributed by atoms with van der Waals surface area (Å²) in [4.78, 5) is 4.38. The monoisotopic (exact) mass is 175 g/mol. The summed E-state index contributed by atoms with van der Waals surface area (Å²) in [6.07, 6.45) is 2.03. The first kappa shape index (κ1) is 9.97. The van der Waals surface area contributed by atoms with Crippen LogP contribution in [0.1, 0.15) is 32.3 Å². The Hall–Kier alpha value is -1.11. The Bertz CT molecular complexity index is 262. The molecule has 0 radical (unpaired) electrons. The number of rotatable bonds is 3. The molecule has 13 heavy (non-hydrogen) atoms. The van der Waals surface area contributed by atoms with Gasteiger partial charge in [0.15, 0.2) is 0 Å². The summed E-state index contributed by atoms with van der Waals surface area (Å²) < 4.78 is 0. The summed E-state index contributed by atoms with van der Waals surface area (Å²) in [6, 6.07) is 10.8. The first-order chi connectivity index (χ1) is 6.20. The summed E-state index contributed by atoms with van der Waals surface area (Å²) in [5.41, 5.74) is 1.33. The van der Waals surface area contributed by atoms with E-state index in [9.17, 15) is 0 Å². The molecule has 1 aromatic carbocycles. The third kappa shape index (κ3) is 3.41. The zero-order valence-corrected chi connectivity index (χ0v) is 8.57. The van der Waals surface area contributed by atoms with E-state index in [1.165, 1.54) is 5.56 Å². The van der Waals surface area contributed by atoms with Crippen LogP contribution >= 0.6 is 0 Å². The molecule has 1 nitrogen and oxygen atoms in total. The molecule has 1 heteroatoms.